The monoisotopic (exact) mass is 305 g/mol. The van der Waals surface area contributed by atoms with Crippen LogP contribution in [0.1, 0.15) is 32.2 Å². The van der Waals surface area contributed by atoms with E-state index in [0.29, 0.717) is 17.5 Å². The van der Waals surface area contributed by atoms with E-state index < -0.39 is 0 Å². The number of nitrogens with zero attached hydrogens (tertiary/aromatic N) is 2. The average Bonchev–Trinajstić information content (AvgIpc) is 2.44. The first-order valence-electron chi connectivity index (χ1n) is 6.83. The van der Waals surface area contributed by atoms with Crippen LogP contribution in [0.3, 0.4) is 0 Å². The first kappa shape index (κ1) is 15.6. The highest BCUT2D eigenvalue weighted by Crippen LogP contribution is 2.23. The molecule has 0 atom stereocenters. The number of nitrogens with one attached hydrogen (secondary N) is 1. The molecule has 1 aromatic heterocycles. The summed E-state index contributed by atoms with van der Waals surface area (Å²) in [5, 5.41) is 3.73. The highest BCUT2D eigenvalue weighted by atomic mass is 35.5. The number of hydrogen-bond acceptors (Lipinski definition) is 4. The zero-order valence-electron chi connectivity index (χ0n) is 12.8. The molecule has 112 valence electrons. The highest BCUT2D eigenvalue weighted by molar-refractivity contribution is 6.30. The molecular weight excluding hydrogens is 286 g/mol. The molecule has 2 rings (SSSR count). The van der Waals surface area contributed by atoms with Crippen LogP contribution in [0.4, 0.5) is 5.82 Å². The van der Waals surface area contributed by atoms with E-state index in [9.17, 15) is 0 Å². The molecule has 0 saturated heterocycles. The van der Waals surface area contributed by atoms with E-state index in [1.54, 1.807) is 6.07 Å². The second-order valence-electron chi connectivity index (χ2n) is 5.83. The summed E-state index contributed by atoms with van der Waals surface area (Å²) in [6.45, 7) is 6.64. The van der Waals surface area contributed by atoms with Crippen molar-refractivity contribution in [3.63, 3.8) is 0 Å². The Bertz CT molecular complexity index is 623. The van der Waals surface area contributed by atoms with Gasteiger partial charge in [0, 0.05) is 23.6 Å². The number of hydrogen-bond donors (Lipinski definition) is 1. The van der Waals surface area contributed by atoms with Gasteiger partial charge in [-0.25, -0.2) is 4.98 Å². The number of aromatic nitrogens is 2. The molecule has 1 heterocycles. The van der Waals surface area contributed by atoms with E-state index in [4.69, 9.17) is 16.3 Å². The summed E-state index contributed by atoms with van der Waals surface area (Å²) in [4.78, 5) is 8.95. The van der Waals surface area contributed by atoms with Gasteiger partial charge in [0.2, 0.25) is 5.88 Å². The van der Waals surface area contributed by atoms with Crippen LogP contribution in [0.25, 0.3) is 0 Å². The molecule has 0 spiro atoms. The van der Waals surface area contributed by atoms with Gasteiger partial charge in [0.05, 0.1) is 0 Å². The minimum absolute atomic E-state index is 0.138. The van der Waals surface area contributed by atoms with Crippen LogP contribution in [-0.2, 0) is 12.0 Å². The fourth-order valence-electron chi connectivity index (χ4n) is 1.75. The molecule has 0 radical (unpaired) electrons. The highest BCUT2D eigenvalue weighted by Gasteiger charge is 2.19. The zero-order chi connectivity index (χ0) is 15.5. The second-order valence-corrected chi connectivity index (χ2v) is 6.27. The molecule has 2 aromatic rings. The van der Waals surface area contributed by atoms with E-state index >= 15 is 0 Å². The Kier molecular flexibility index (Phi) is 4.68. The van der Waals surface area contributed by atoms with Gasteiger partial charge >= 0.3 is 0 Å². The minimum Gasteiger partial charge on any atom is -0.473 e. The van der Waals surface area contributed by atoms with Crippen LogP contribution in [0.15, 0.2) is 30.3 Å². The maximum atomic E-state index is 5.97. The molecule has 1 aromatic carbocycles. The Morgan fingerprint density at radius 3 is 2.57 bits per heavy atom. The van der Waals surface area contributed by atoms with Crippen molar-refractivity contribution in [1.29, 1.82) is 0 Å². The van der Waals surface area contributed by atoms with Gasteiger partial charge in [-0.05, 0) is 17.7 Å². The molecule has 0 aliphatic heterocycles. The molecule has 0 unspecified atom stereocenters. The smallest absolute Gasteiger partial charge is 0.219 e. The van der Waals surface area contributed by atoms with Gasteiger partial charge in [0.25, 0.3) is 0 Å². The molecule has 21 heavy (non-hydrogen) atoms. The van der Waals surface area contributed by atoms with Gasteiger partial charge in [-0.15, -0.1) is 0 Å². The van der Waals surface area contributed by atoms with Gasteiger partial charge < -0.3 is 10.1 Å². The third-order valence-electron chi connectivity index (χ3n) is 2.91. The van der Waals surface area contributed by atoms with E-state index in [0.717, 1.165) is 17.2 Å². The summed E-state index contributed by atoms with van der Waals surface area (Å²) in [6.07, 6.45) is 0. The van der Waals surface area contributed by atoms with Crippen LogP contribution < -0.4 is 10.1 Å². The van der Waals surface area contributed by atoms with Crippen molar-refractivity contribution in [3.8, 4) is 5.88 Å². The maximum absolute atomic E-state index is 5.97. The van der Waals surface area contributed by atoms with Gasteiger partial charge in [0.15, 0.2) is 0 Å². The quantitative estimate of drug-likeness (QED) is 0.925. The molecule has 5 heteroatoms. The predicted octanol–water partition coefficient (Wildman–Crippen LogP) is 4.05. The third kappa shape index (κ3) is 4.33. The van der Waals surface area contributed by atoms with Crippen molar-refractivity contribution < 1.29 is 4.74 Å². The van der Waals surface area contributed by atoms with Crippen molar-refractivity contribution in [2.24, 2.45) is 0 Å². The average molecular weight is 306 g/mol. The molecule has 1 N–H and O–H groups in total. The summed E-state index contributed by atoms with van der Waals surface area (Å²) >= 11 is 5.97. The largest absolute Gasteiger partial charge is 0.473 e. The molecule has 0 bridgehead atoms. The molecular formula is C16H20ClN3O. The SMILES string of the molecule is CNc1cc(OCc2cccc(Cl)c2)nc(C(C)(C)C)n1. The Balaban J connectivity index is 2.19. The standard InChI is InChI=1S/C16H20ClN3O/c1-16(2,3)15-19-13(18-4)9-14(20-15)21-10-11-6-5-7-12(17)8-11/h5-9H,10H2,1-4H3,(H,18,19,20). The number of anilines is 1. The number of ether oxygens (including phenoxy) is 1. The molecule has 4 nitrogen and oxygen atoms in total. The molecule has 0 fully saturated rings. The van der Waals surface area contributed by atoms with E-state index in [-0.39, 0.29) is 5.41 Å². The Hall–Kier alpha value is -1.81. The van der Waals surface area contributed by atoms with Gasteiger partial charge in [0.1, 0.15) is 18.2 Å². The maximum Gasteiger partial charge on any atom is 0.219 e. The first-order chi connectivity index (χ1) is 9.88. The van der Waals surface area contributed by atoms with Crippen LogP contribution >= 0.6 is 11.6 Å². The predicted molar refractivity (Wildman–Crippen MR) is 86.1 cm³/mol. The topological polar surface area (TPSA) is 47.0 Å². The summed E-state index contributed by atoms with van der Waals surface area (Å²) in [6, 6.07) is 9.39. The third-order valence-corrected chi connectivity index (χ3v) is 3.14. The van der Waals surface area contributed by atoms with E-state index in [1.807, 2.05) is 31.3 Å². The summed E-state index contributed by atoms with van der Waals surface area (Å²) in [5.74, 6) is 2.05. The lowest BCUT2D eigenvalue weighted by atomic mass is 9.96. The van der Waals surface area contributed by atoms with Crippen molar-refractivity contribution >= 4 is 17.4 Å². The molecule has 0 saturated carbocycles. The Morgan fingerprint density at radius 1 is 1.19 bits per heavy atom. The Morgan fingerprint density at radius 2 is 1.95 bits per heavy atom. The first-order valence-corrected chi connectivity index (χ1v) is 7.21. The van der Waals surface area contributed by atoms with Gasteiger partial charge in [-0.2, -0.15) is 4.98 Å². The lowest BCUT2D eigenvalue weighted by Crippen LogP contribution is -2.17. The van der Waals surface area contributed by atoms with Crippen LogP contribution in [0.5, 0.6) is 5.88 Å². The van der Waals surface area contributed by atoms with Crippen molar-refractivity contribution in [2.45, 2.75) is 32.8 Å². The van der Waals surface area contributed by atoms with Gasteiger partial charge in [-0.3, -0.25) is 0 Å². The van der Waals surface area contributed by atoms with Crippen molar-refractivity contribution in [2.75, 3.05) is 12.4 Å². The van der Waals surface area contributed by atoms with Crippen LogP contribution in [0, 0.1) is 0 Å². The zero-order valence-corrected chi connectivity index (χ0v) is 13.5. The summed E-state index contributed by atoms with van der Waals surface area (Å²) < 4.78 is 5.78. The molecule has 0 aliphatic rings. The van der Waals surface area contributed by atoms with E-state index in [2.05, 4.69) is 36.1 Å². The number of benzene rings is 1. The van der Waals surface area contributed by atoms with Crippen molar-refractivity contribution in [3.05, 3.63) is 46.7 Å². The lowest BCUT2D eigenvalue weighted by Gasteiger charge is -2.18. The number of halogens is 1. The summed E-state index contributed by atoms with van der Waals surface area (Å²) in [5.41, 5.74) is 0.866. The molecule has 0 amide bonds. The van der Waals surface area contributed by atoms with Gasteiger partial charge in [-0.1, -0.05) is 44.5 Å². The second kappa shape index (κ2) is 6.31. The number of rotatable bonds is 4. The normalized spacial score (nSPS) is 11.3. The fraction of sp³-hybridized carbons (Fsp3) is 0.375. The summed E-state index contributed by atoms with van der Waals surface area (Å²) in [7, 11) is 1.83. The molecule has 0 aliphatic carbocycles. The Labute approximate surface area is 130 Å². The lowest BCUT2D eigenvalue weighted by molar-refractivity contribution is 0.290. The minimum atomic E-state index is -0.138. The van der Waals surface area contributed by atoms with E-state index in [1.165, 1.54) is 0 Å². The van der Waals surface area contributed by atoms with Crippen LogP contribution in [-0.4, -0.2) is 17.0 Å². The fourth-order valence-corrected chi connectivity index (χ4v) is 1.96. The van der Waals surface area contributed by atoms with Crippen LogP contribution in [0.2, 0.25) is 5.02 Å². The van der Waals surface area contributed by atoms with Crippen molar-refractivity contribution in [1.82, 2.24) is 9.97 Å².